The van der Waals surface area contributed by atoms with E-state index in [1.807, 2.05) is 13.1 Å². The second-order valence-electron chi connectivity index (χ2n) is 4.96. The molecule has 0 radical (unpaired) electrons. The van der Waals surface area contributed by atoms with Crippen molar-refractivity contribution in [3.05, 3.63) is 0 Å². The van der Waals surface area contributed by atoms with Gasteiger partial charge in [0.2, 0.25) is 5.91 Å². The Hall–Kier alpha value is -1.08. The van der Waals surface area contributed by atoms with Gasteiger partial charge in [0.05, 0.1) is 19.0 Å². The average Bonchev–Trinajstić information content (AvgIpc) is 2.30. The van der Waals surface area contributed by atoms with E-state index in [1.54, 1.807) is 0 Å². The van der Waals surface area contributed by atoms with Crippen LogP contribution in [0.1, 0.15) is 38.5 Å². The first-order chi connectivity index (χ1) is 8.22. The van der Waals surface area contributed by atoms with E-state index in [-0.39, 0.29) is 5.91 Å². The maximum absolute atomic E-state index is 11.5. The van der Waals surface area contributed by atoms with Gasteiger partial charge in [0.15, 0.2) is 0 Å². The van der Waals surface area contributed by atoms with Crippen LogP contribution < -0.4 is 5.32 Å². The molecule has 0 unspecified atom stereocenters. The average molecular weight is 237 g/mol. The molecule has 0 aliphatic heterocycles. The smallest absolute Gasteiger partial charge is 0.234 e. The molecule has 0 spiro atoms. The SMILES string of the molecule is CN(CC(=O)NCCC#N)CC1CCCCC1. The number of carbonyl (C=O) groups excluding carboxylic acids is 1. The predicted molar refractivity (Wildman–Crippen MR) is 67.3 cm³/mol. The Kier molecular flexibility index (Phi) is 6.64. The molecule has 96 valence electrons. The molecule has 1 aliphatic rings. The van der Waals surface area contributed by atoms with Gasteiger partial charge in [0, 0.05) is 13.1 Å². The van der Waals surface area contributed by atoms with Gasteiger partial charge in [0.25, 0.3) is 0 Å². The summed E-state index contributed by atoms with van der Waals surface area (Å²) in [5.41, 5.74) is 0. The van der Waals surface area contributed by atoms with Crippen LogP contribution in [0.3, 0.4) is 0 Å². The van der Waals surface area contributed by atoms with Crippen LogP contribution in [0.2, 0.25) is 0 Å². The van der Waals surface area contributed by atoms with Gasteiger partial charge in [-0.15, -0.1) is 0 Å². The maximum Gasteiger partial charge on any atom is 0.234 e. The first kappa shape index (κ1) is 14.0. The molecule has 1 rings (SSSR count). The van der Waals surface area contributed by atoms with Crippen LogP contribution >= 0.6 is 0 Å². The zero-order valence-corrected chi connectivity index (χ0v) is 10.7. The summed E-state index contributed by atoms with van der Waals surface area (Å²) in [5, 5.41) is 11.1. The van der Waals surface area contributed by atoms with Crippen molar-refractivity contribution in [2.24, 2.45) is 5.92 Å². The maximum atomic E-state index is 11.5. The largest absolute Gasteiger partial charge is 0.354 e. The third-order valence-electron chi connectivity index (χ3n) is 3.27. The minimum atomic E-state index is 0.0264. The molecule has 0 aromatic rings. The standard InChI is InChI=1S/C13H23N3O/c1-16(10-12-6-3-2-4-7-12)11-13(17)15-9-5-8-14/h12H,2-7,9-11H2,1H3,(H,15,17). The molecule has 1 saturated carbocycles. The summed E-state index contributed by atoms with van der Waals surface area (Å²) in [6.45, 7) is 1.93. The Morgan fingerprint density at radius 2 is 2.12 bits per heavy atom. The van der Waals surface area contributed by atoms with E-state index >= 15 is 0 Å². The zero-order valence-electron chi connectivity index (χ0n) is 10.7. The molecule has 4 heteroatoms. The third-order valence-corrected chi connectivity index (χ3v) is 3.27. The summed E-state index contributed by atoms with van der Waals surface area (Å²) in [5.74, 6) is 0.791. The molecule has 1 aliphatic carbocycles. The van der Waals surface area contributed by atoms with Crippen molar-refractivity contribution in [3.63, 3.8) is 0 Å². The highest BCUT2D eigenvalue weighted by atomic mass is 16.2. The predicted octanol–water partition coefficient (Wildman–Crippen LogP) is 1.53. The minimum absolute atomic E-state index is 0.0264. The Morgan fingerprint density at radius 3 is 2.76 bits per heavy atom. The highest BCUT2D eigenvalue weighted by molar-refractivity contribution is 5.77. The number of likely N-dealkylation sites (N-methyl/N-ethyl adjacent to an activating group) is 1. The lowest BCUT2D eigenvalue weighted by Crippen LogP contribution is -2.38. The molecular formula is C13H23N3O. The molecule has 1 fully saturated rings. The Bertz CT molecular complexity index is 266. The summed E-state index contributed by atoms with van der Waals surface area (Å²) in [4.78, 5) is 13.6. The van der Waals surface area contributed by atoms with Gasteiger partial charge in [0.1, 0.15) is 0 Å². The first-order valence-electron chi connectivity index (χ1n) is 6.54. The van der Waals surface area contributed by atoms with Gasteiger partial charge in [-0.2, -0.15) is 5.26 Å². The van der Waals surface area contributed by atoms with E-state index in [1.165, 1.54) is 32.1 Å². The van der Waals surface area contributed by atoms with Crippen molar-refractivity contribution < 1.29 is 4.79 Å². The van der Waals surface area contributed by atoms with Crippen molar-refractivity contribution in [2.45, 2.75) is 38.5 Å². The van der Waals surface area contributed by atoms with Crippen LogP contribution in [0.25, 0.3) is 0 Å². The lowest BCUT2D eigenvalue weighted by atomic mass is 9.89. The molecular weight excluding hydrogens is 214 g/mol. The van der Waals surface area contributed by atoms with E-state index in [0.29, 0.717) is 19.5 Å². The van der Waals surface area contributed by atoms with Gasteiger partial charge >= 0.3 is 0 Å². The van der Waals surface area contributed by atoms with Gasteiger partial charge in [-0.3, -0.25) is 9.69 Å². The van der Waals surface area contributed by atoms with Crippen molar-refractivity contribution in [2.75, 3.05) is 26.7 Å². The number of hydrogen-bond acceptors (Lipinski definition) is 3. The molecule has 0 bridgehead atoms. The monoisotopic (exact) mass is 237 g/mol. The van der Waals surface area contributed by atoms with Gasteiger partial charge in [-0.1, -0.05) is 19.3 Å². The molecule has 0 saturated heterocycles. The number of amides is 1. The molecule has 1 N–H and O–H groups in total. The van der Waals surface area contributed by atoms with Gasteiger partial charge in [-0.25, -0.2) is 0 Å². The summed E-state index contributed by atoms with van der Waals surface area (Å²) in [6.07, 6.45) is 7.05. The number of nitriles is 1. The molecule has 17 heavy (non-hydrogen) atoms. The zero-order chi connectivity index (χ0) is 12.5. The van der Waals surface area contributed by atoms with Crippen LogP contribution in [0.5, 0.6) is 0 Å². The third kappa shape index (κ3) is 6.28. The van der Waals surface area contributed by atoms with Crippen LogP contribution in [-0.4, -0.2) is 37.5 Å². The number of nitrogens with one attached hydrogen (secondary N) is 1. The Labute approximate surface area is 104 Å². The van der Waals surface area contributed by atoms with E-state index in [0.717, 1.165) is 12.5 Å². The fourth-order valence-corrected chi connectivity index (χ4v) is 2.43. The number of carbonyl (C=O) groups is 1. The summed E-state index contributed by atoms with van der Waals surface area (Å²) < 4.78 is 0. The van der Waals surface area contributed by atoms with E-state index in [2.05, 4.69) is 10.2 Å². The van der Waals surface area contributed by atoms with E-state index in [4.69, 9.17) is 5.26 Å². The first-order valence-corrected chi connectivity index (χ1v) is 6.54. The fraction of sp³-hybridized carbons (Fsp3) is 0.846. The number of nitrogens with zero attached hydrogens (tertiary/aromatic N) is 2. The van der Waals surface area contributed by atoms with E-state index in [9.17, 15) is 4.79 Å². The summed E-state index contributed by atoms with van der Waals surface area (Å²) >= 11 is 0. The Balaban J connectivity index is 2.12. The molecule has 0 heterocycles. The van der Waals surface area contributed by atoms with Crippen molar-refractivity contribution in [1.29, 1.82) is 5.26 Å². The second-order valence-corrected chi connectivity index (χ2v) is 4.96. The van der Waals surface area contributed by atoms with Crippen LogP contribution in [-0.2, 0) is 4.79 Å². The molecule has 0 atom stereocenters. The highest BCUT2D eigenvalue weighted by Gasteiger charge is 2.16. The van der Waals surface area contributed by atoms with Crippen LogP contribution in [0, 0.1) is 17.2 Å². The number of rotatable bonds is 6. The van der Waals surface area contributed by atoms with Crippen molar-refractivity contribution in [1.82, 2.24) is 10.2 Å². The normalized spacial score (nSPS) is 16.8. The number of hydrogen-bond donors (Lipinski definition) is 1. The summed E-state index contributed by atoms with van der Waals surface area (Å²) in [6, 6.07) is 2.01. The quantitative estimate of drug-likeness (QED) is 0.713. The van der Waals surface area contributed by atoms with Gasteiger partial charge < -0.3 is 5.32 Å². The van der Waals surface area contributed by atoms with Crippen LogP contribution in [0.15, 0.2) is 0 Å². The molecule has 0 aromatic carbocycles. The van der Waals surface area contributed by atoms with Crippen LogP contribution in [0.4, 0.5) is 0 Å². The highest BCUT2D eigenvalue weighted by Crippen LogP contribution is 2.23. The van der Waals surface area contributed by atoms with E-state index < -0.39 is 0 Å². The topological polar surface area (TPSA) is 56.1 Å². The molecule has 1 amide bonds. The lowest BCUT2D eigenvalue weighted by molar-refractivity contribution is -0.122. The van der Waals surface area contributed by atoms with Crippen molar-refractivity contribution >= 4 is 5.91 Å². The Morgan fingerprint density at radius 1 is 1.41 bits per heavy atom. The molecule has 4 nitrogen and oxygen atoms in total. The van der Waals surface area contributed by atoms with Crippen molar-refractivity contribution in [3.8, 4) is 6.07 Å². The van der Waals surface area contributed by atoms with Gasteiger partial charge in [-0.05, 0) is 25.8 Å². The minimum Gasteiger partial charge on any atom is -0.354 e. The molecule has 0 aromatic heterocycles. The summed E-state index contributed by atoms with van der Waals surface area (Å²) in [7, 11) is 2.00. The fourth-order valence-electron chi connectivity index (χ4n) is 2.43. The second kappa shape index (κ2) is 8.08. The lowest BCUT2D eigenvalue weighted by Gasteiger charge is -2.26.